The van der Waals surface area contributed by atoms with Crippen molar-refractivity contribution < 1.29 is 18.8 Å². The third kappa shape index (κ3) is 1.86. The predicted octanol–water partition coefficient (Wildman–Crippen LogP) is 2.26. The standard InChI is InChI=1S/C22H18FN3O3/c23-12-5-3-6-13(11-12)26-19(27)17-16-9-4-10-25(16)22(18(17)20(26)28)14-7-1-2-8-15(14)24-21(22)29/h1-3,5-8,11,16-18H,4,9-10H2,(H,24,29)/t16-,17-,18+,22-/m1/s1. The molecular weight excluding hydrogens is 373 g/mol. The molecule has 146 valence electrons. The van der Waals surface area contributed by atoms with Crippen molar-refractivity contribution in [1.82, 2.24) is 4.90 Å². The van der Waals surface area contributed by atoms with Crippen LogP contribution in [-0.4, -0.2) is 35.2 Å². The Hall–Kier alpha value is -3.06. The van der Waals surface area contributed by atoms with Crippen LogP contribution in [0.3, 0.4) is 0 Å². The fourth-order valence-corrected chi connectivity index (χ4v) is 6.03. The van der Waals surface area contributed by atoms with Crippen molar-refractivity contribution in [2.24, 2.45) is 11.8 Å². The summed E-state index contributed by atoms with van der Waals surface area (Å²) in [5.74, 6) is -2.94. The zero-order valence-corrected chi connectivity index (χ0v) is 15.5. The van der Waals surface area contributed by atoms with Gasteiger partial charge in [-0.05, 0) is 43.7 Å². The number of nitrogens with zero attached hydrogens (tertiary/aromatic N) is 2. The fourth-order valence-electron chi connectivity index (χ4n) is 6.03. The summed E-state index contributed by atoms with van der Waals surface area (Å²) >= 11 is 0. The van der Waals surface area contributed by atoms with E-state index in [2.05, 4.69) is 10.2 Å². The SMILES string of the molecule is O=C1[C@@H]2[C@H]3CCCN3[C@@]3(C(=O)Nc4ccccc43)[C@@H]2C(=O)N1c1cccc(F)c1. The highest BCUT2D eigenvalue weighted by Gasteiger charge is 2.74. The lowest BCUT2D eigenvalue weighted by Crippen LogP contribution is -2.54. The normalized spacial score (nSPS) is 32.7. The van der Waals surface area contributed by atoms with Gasteiger partial charge in [0.15, 0.2) is 0 Å². The molecule has 4 aliphatic rings. The zero-order valence-electron chi connectivity index (χ0n) is 15.5. The third-order valence-electron chi connectivity index (χ3n) is 6.97. The van der Waals surface area contributed by atoms with Crippen LogP contribution >= 0.6 is 0 Å². The summed E-state index contributed by atoms with van der Waals surface area (Å²) in [6, 6.07) is 12.7. The van der Waals surface area contributed by atoms with Crippen molar-refractivity contribution in [1.29, 1.82) is 0 Å². The minimum absolute atomic E-state index is 0.174. The average Bonchev–Trinajstić information content (AvgIpc) is 3.40. The summed E-state index contributed by atoms with van der Waals surface area (Å²) in [6.45, 7) is 0.667. The minimum Gasteiger partial charge on any atom is -0.324 e. The van der Waals surface area contributed by atoms with Crippen molar-refractivity contribution in [2.45, 2.75) is 24.4 Å². The smallest absolute Gasteiger partial charge is 0.250 e. The molecule has 1 N–H and O–H groups in total. The van der Waals surface area contributed by atoms with Gasteiger partial charge in [0, 0.05) is 17.3 Å². The Balaban J connectivity index is 1.56. The van der Waals surface area contributed by atoms with Gasteiger partial charge >= 0.3 is 0 Å². The predicted molar refractivity (Wildman–Crippen MR) is 102 cm³/mol. The molecule has 0 unspecified atom stereocenters. The van der Waals surface area contributed by atoms with Gasteiger partial charge in [-0.3, -0.25) is 19.3 Å². The summed E-state index contributed by atoms with van der Waals surface area (Å²) in [7, 11) is 0. The van der Waals surface area contributed by atoms with E-state index in [1.807, 2.05) is 24.3 Å². The molecule has 2 aromatic carbocycles. The van der Waals surface area contributed by atoms with Gasteiger partial charge in [-0.2, -0.15) is 0 Å². The number of hydrogen-bond donors (Lipinski definition) is 1. The van der Waals surface area contributed by atoms with Gasteiger partial charge in [-0.1, -0.05) is 24.3 Å². The molecule has 0 radical (unpaired) electrons. The maximum absolute atomic E-state index is 13.8. The quantitative estimate of drug-likeness (QED) is 0.757. The van der Waals surface area contributed by atoms with Gasteiger partial charge in [-0.25, -0.2) is 9.29 Å². The van der Waals surface area contributed by atoms with Crippen LogP contribution in [0.25, 0.3) is 0 Å². The number of fused-ring (bicyclic) bond motifs is 7. The largest absolute Gasteiger partial charge is 0.324 e. The summed E-state index contributed by atoms with van der Waals surface area (Å²) in [6.07, 6.45) is 1.63. The first-order valence-electron chi connectivity index (χ1n) is 9.86. The van der Waals surface area contributed by atoms with E-state index >= 15 is 0 Å². The van der Waals surface area contributed by atoms with E-state index in [9.17, 15) is 18.8 Å². The molecule has 3 fully saturated rings. The van der Waals surface area contributed by atoms with E-state index in [4.69, 9.17) is 0 Å². The van der Waals surface area contributed by atoms with Crippen LogP contribution in [0.5, 0.6) is 0 Å². The number of hydrogen-bond acceptors (Lipinski definition) is 4. The van der Waals surface area contributed by atoms with Gasteiger partial charge in [0.2, 0.25) is 17.7 Å². The molecule has 0 bridgehead atoms. The lowest BCUT2D eigenvalue weighted by atomic mass is 9.75. The monoisotopic (exact) mass is 391 g/mol. The topological polar surface area (TPSA) is 69.7 Å². The molecule has 29 heavy (non-hydrogen) atoms. The number of halogens is 1. The number of amides is 3. The average molecular weight is 391 g/mol. The Bertz CT molecular complexity index is 1100. The second-order valence-corrected chi connectivity index (χ2v) is 8.16. The molecule has 0 saturated carbocycles. The summed E-state index contributed by atoms with van der Waals surface area (Å²) < 4.78 is 13.8. The molecule has 0 aliphatic carbocycles. The Morgan fingerprint density at radius 3 is 2.69 bits per heavy atom. The number of carbonyl (C=O) groups is 3. The number of para-hydroxylation sites is 1. The third-order valence-corrected chi connectivity index (χ3v) is 6.97. The molecule has 4 aliphatic heterocycles. The Kier molecular flexibility index (Phi) is 3.20. The molecule has 0 aromatic heterocycles. The molecule has 3 saturated heterocycles. The Labute approximate surface area is 166 Å². The van der Waals surface area contributed by atoms with E-state index < -0.39 is 29.1 Å². The fraction of sp³-hybridized carbons (Fsp3) is 0.318. The van der Waals surface area contributed by atoms with Crippen LogP contribution < -0.4 is 10.2 Å². The van der Waals surface area contributed by atoms with Crippen LogP contribution in [0.1, 0.15) is 18.4 Å². The van der Waals surface area contributed by atoms with E-state index in [0.29, 0.717) is 12.2 Å². The lowest BCUT2D eigenvalue weighted by Gasteiger charge is -2.36. The Morgan fingerprint density at radius 1 is 1.03 bits per heavy atom. The number of imide groups is 1. The number of anilines is 2. The molecule has 6 rings (SSSR count). The molecule has 4 atom stereocenters. The van der Waals surface area contributed by atoms with Crippen molar-refractivity contribution in [3.05, 3.63) is 59.9 Å². The van der Waals surface area contributed by atoms with Crippen molar-refractivity contribution in [3.63, 3.8) is 0 Å². The second kappa shape index (κ2) is 5.51. The summed E-state index contributed by atoms with van der Waals surface area (Å²) in [4.78, 5) is 43.6. The molecule has 7 heteroatoms. The van der Waals surface area contributed by atoms with Crippen LogP contribution in [-0.2, 0) is 19.9 Å². The maximum Gasteiger partial charge on any atom is 0.250 e. The van der Waals surface area contributed by atoms with Gasteiger partial charge < -0.3 is 5.32 Å². The molecule has 3 amide bonds. The van der Waals surface area contributed by atoms with Gasteiger partial charge in [0.1, 0.15) is 11.4 Å². The summed E-state index contributed by atoms with van der Waals surface area (Å²) in [5, 5.41) is 2.93. The highest BCUT2D eigenvalue weighted by Crippen LogP contribution is 2.60. The highest BCUT2D eigenvalue weighted by molar-refractivity contribution is 6.25. The van der Waals surface area contributed by atoms with Crippen molar-refractivity contribution in [2.75, 3.05) is 16.8 Å². The van der Waals surface area contributed by atoms with Crippen LogP contribution in [0.15, 0.2) is 48.5 Å². The van der Waals surface area contributed by atoms with Crippen molar-refractivity contribution in [3.8, 4) is 0 Å². The zero-order chi connectivity index (χ0) is 19.9. The number of benzene rings is 2. The van der Waals surface area contributed by atoms with E-state index in [1.54, 1.807) is 6.07 Å². The number of nitrogens with one attached hydrogen (secondary N) is 1. The van der Waals surface area contributed by atoms with Crippen LogP contribution in [0, 0.1) is 17.7 Å². The van der Waals surface area contributed by atoms with E-state index in [-0.39, 0.29) is 23.5 Å². The first-order chi connectivity index (χ1) is 14.0. The number of carbonyl (C=O) groups excluding carboxylic acids is 3. The second-order valence-electron chi connectivity index (χ2n) is 8.16. The summed E-state index contributed by atoms with van der Waals surface area (Å²) in [5.41, 5.74) is 0.484. The van der Waals surface area contributed by atoms with E-state index in [1.165, 1.54) is 18.2 Å². The first-order valence-corrected chi connectivity index (χ1v) is 9.86. The van der Waals surface area contributed by atoms with Gasteiger partial charge in [0.05, 0.1) is 17.5 Å². The lowest BCUT2D eigenvalue weighted by molar-refractivity contribution is -0.135. The van der Waals surface area contributed by atoms with Crippen molar-refractivity contribution >= 4 is 29.1 Å². The highest BCUT2D eigenvalue weighted by atomic mass is 19.1. The van der Waals surface area contributed by atoms with Crippen LogP contribution in [0.2, 0.25) is 0 Å². The Morgan fingerprint density at radius 2 is 1.86 bits per heavy atom. The maximum atomic E-state index is 13.8. The van der Waals surface area contributed by atoms with Gasteiger partial charge in [-0.15, -0.1) is 0 Å². The molecular formula is C22H18FN3O3. The molecule has 1 spiro atoms. The first kappa shape index (κ1) is 16.9. The van der Waals surface area contributed by atoms with Crippen LogP contribution in [0.4, 0.5) is 15.8 Å². The van der Waals surface area contributed by atoms with E-state index in [0.717, 1.165) is 23.3 Å². The number of rotatable bonds is 1. The minimum atomic E-state index is -1.18. The van der Waals surface area contributed by atoms with Gasteiger partial charge in [0.25, 0.3) is 0 Å². The molecule has 6 nitrogen and oxygen atoms in total. The molecule has 2 aromatic rings. The molecule has 4 heterocycles.